The molecule has 148 valence electrons. The number of carbonyl (C=O) groups is 1. The van der Waals surface area contributed by atoms with Crippen molar-refractivity contribution in [2.45, 2.75) is 42.7 Å². The molecule has 9 heteroatoms. The average Bonchev–Trinajstić information content (AvgIpc) is 3.10. The van der Waals surface area contributed by atoms with Gasteiger partial charge in [-0.2, -0.15) is 14.1 Å². The molecule has 2 bridgehead atoms. The molecule has 0 saturated carbocycles. The summed E-state index contributed by atoms with van der Waals surface area (Å²) in [5.41, 5.74) is 1.52. The number of aromatic nitrogens is 2. The topological polar surface area (TPSA) is 81.5 Å². The van der Waals surface area contributed by atoms with E-state index in [1.807, 2.05) is 0 Å². The van der Waals surface area contributed by atoms with Crippen LogP contribution in [0, 0.1) is 0 Å². The van der Waals surface area contributed by atoms with Gasteiger partial charge in [0.15, 0.2) is 0 Å². The van der Waals surface area contributed by atoms with E-state index in [0.717, 1.165) is 28.8 Å². The van der Waals surface area contributed by atoms with Crippen LogP contribution in [0.5, 0.6) is 0 Å². The molecule has 1 aromatic carbocycles. The second-order valence-electron chi connectivity index (χ2n) is 6.93. The van der Waals surface area contributed by atoms with Gasteiger partial charge in [0.05, 0.1) is 16.6 Å². The van der Waals surface area contributed by atoms with Crippen molar-refractivity contribution in [2.75, 3.05) is 6.61 Å². The van der Waals surface area contributed by atoms with Crippen molar-refractivity contribution in [3.63, 3.8) is 0 Å². The number of rotatable bonds is 4. The molecular formula is C19H20ClN3O4S. The number of hydrogen-bond acceptors (Lipinski definition) is 5. The predicted octanol–water partition coefficient (Wildman–Crippen LogP) is 3.55. The lowest BCUT2D eigenvalue weighted by Crippen LogP contribution is -2.49. The van der Waals surface area contributed by atoms with Gasteiger partial charge < -0.3 is 4.74 Å². The molecule has 28 heavy (non-hydrogen) atoms. The zero-order valence-electron chi connectivity index (χ0n) is 15.1. The molecule has 0 aliphatic carbocycles. The molecule has 2 atom stereocenters. The quantitative estimate of drug-likeness (QED) is 0.705. The Hall–Kier alpha value is -2.16. The van der Waals surface area contributed by atoms with Gasteiger partial charge >= 0.3 is 6.09 Å². The summed E-state index contributed by atoms with van der Waals surface area (Å²) in [7, 11) is -3.70. The van der Waals surface area contributed by atoms with Crippen molar-refractivity contribution < 1.29 is 17.9 Å². The summed E-state index contributed by atoms with van der Waals surface area (Å²) < 4.78 is 34.5. The standard InChI is InChI=1S/C19H20ClN3O4S/c1-2-10-27-19(24)22-12-16-17(21-22)11-14-4-3-5-18(16)23(14)28(25,26)15-8-6-13(20)7-9-15/h2,6-9,12,14,18H,1,3-5,10-11H2. The fourth-order valence-electron chi connectivity index (χ4n) is 4.01. The maximum absolute atomic E-state index is 13.4. The smallest absolute Gasteiger partial charge is 0.434 e. The number of fused-ring (bicyclic) bond motifs is 4. The van der Waals surface area contributed by atoms with Crippen LogP contribution in [-0.4, -0.2) is 41.2 Å². The first-order valence-electron chi connectivity index (χ1n) is 9.07. The van der Waals surface area contributed by atoms with Crippen LogP contribution < -0.4 is 0 Å². The van der Waals surface area contributed by atoms with Crippen molar-refractivity contribution >= 4 is 27.7 Å². The van der Waals surface area contributed by atoms with Gasteiger partial charge in [0.1, 0.15) is 6.61 Å². The van der Waals surface area contributed by atoms with Crippen LogP contribution >= 0.6 is 11.6 Å². The minimum absolute atomic E-state index is 0.0898. The largest absolute Gasteiger partial charge is 0.444 e. The van der Waals surface area contributed by atoms with Crippen LogP contribution in [0.15, 0.2) is 48.0 Å². The summed E-state index contributed by atoms with van der Waals surface area (Å²) in [6.07, 6.45) is 5.32. The van der Waals surface area contributed by atoms with Crippen molar-refractivity contribution in [3.05, 3.63) is 59.4 Å². The molecule has 2 aromatic rings. The summed E-state index contributed by atoms with van der Waals surface area (Å²) in [5.74, 6) is 0. The highest BCUT2D eigenvalue weighted by molar-refractivity contribution is 7.89. The number of carbonyl (C=O) groups excluding carboxylic acids is 1. The van der Waals surface area contributed by atoms with E-state index in [1.165, 1.54) is 18.2 Å². The Morgan fingerprint density at radius 3 is 2.79 bits per heavy atom. The highest BCUT2D eigenvalue weighted by Crippen LogP contribution is 2.44. The average molecular weight is 422 g/mol. The lowest BCUT2D eigenvalue weighted by molar-refractivity contribution is 0.156. The van der Waals surface area contributed by atoms with E-state index >= 15 is 0 Å². The molecule has 3 heterocycles. The molecule has 1 fully saturated rings. The number of halogens is 1. The molecule has 4 rings (SSSR count). The SMILES string of the molecule is C=CCOC(=O)n1cc2c(n1)CC1CCCC2N1S(=O)(=O)c1ccc(Cl)cc1. The van der Waals surface area contributed by atoms with E-state index in [0.29, 0.717) is 17.9 Å². The zero-order chi connectivity index (χ0) is 19.9. The molecule has 2 aliphatic heterocycles. The molecule has 0 N–H and O–H groups in total. The first-order valence-corrected chi connectivity index (χ1v) is 10.9. The molecule has 2 aliphatic rings. The Balaban J connectivity index is 1.71. The molecular weight excluding hydrogens is 402 g/mol. The second kappa shape index (κ2) is 7.35. The Labute approximate surface area is 168 Å². The number of piperidine rings is 1. The lowest BCUT2D eigenvalue weighted by Gasteiger charge is -2.44. The highest BCUT2D eigenvalue weighted by Gasteiger charge is 2.46. The number of hydrogen-bond donors (Lipinski definition) is 0. The third-order valence-corrected chi connectivity index (χ3v) is 7.42. The Morgan fingerprint density at radius 2 is 2.07 bits per heavy atom. The number of sulfonamides is 1. The van der Waals surface area contributed by atoms with Gasteiger partial charge in [-0.05, 0) is 43.5 Å². The third kappa shape index (κ3) is 3.25. The van der Waals surface area contributed by atoms with E-state index in [-0.39, 0.29) is 23.6 Å². The molecule has 2 unspecified atom stereocenters. The number of nitrogens with zero attached hydrogens (tertiary/aromatic N) is 3. The minimum atomic E-state index is -3.70. The Morgan fingerprint density at radius 1 is 1.32 bits per heavy atom. The summed E-state index contributed by atoms with van der Waals surface area (Å²) in [4.78, 5) is 12.3. The van der Waals surface area contributed by atoms with Gasteiger partial charge in [-0.1, -0.05) is 24.3 Å². The van der Waals surface area contributed by atoms with Crippen LogP contribution in [0.1, 0.15) is 36.6 Å². The molecule has 0 spiro atoms. The Kier molecular flexibility index (Phi) is 5.03. The highest BCUT2D eigenvalue weighted by atomic mass is 35.5. The van der Waals surface area contributed by atoms with Gasteiger partial charge in [0, 0.05) is 29.2 Å². The molecule has 1 saturated heterocycles. The van der Waals surface area contributed by atoms with Crippen LogP contribution in [0.2, 0.25) is 5.02 Å². The third-order valence-electron chi connectivity index (χ3n) is 5.19. The fourth-order valence-corrected chi connectivity index (χ4v) is 5.98. The van der Waals surface area contributed by atoms with E-state index in [4.69, 9.17) is 16.3 Å². The zero-order valence-corrected chi connectivity index (χ0v) is 16.7. The monoisotopic (exact) mass is 421 g/mol. The fraction of sp³-hybridized carbons (Fsp3) is 0.368. The van der Waals surface area contributed by atoms with Crippen LogP contribution in [0.4, 0.5) is 4.79 Å². The van der Waals surface area contributed by atoms with Crippen molar-refractivity contribution in [2.24, 2.45) is 0 Å². The van der Waals surface area contributed by atoms with Gasteiger partial charge in [-0.25, -0.2) is 13.2 Å². The minimum Gasteiger partial charge on any atom is -0.444 e. The summed E-state index contributed by atoms with van der Waals surface area (Å²) >= 11 is 5.91. The van der Waals surface area contributed by atoms with Crippen LogP contribution in [-0.2, 0) is 21.2 Å². The van der Waals surface area contributed by atoms with Crippen molar-refractivity contribution in [1.82, 2.24) is 14.1 Å². The second-order valence-corrected chi connectivity index (χ2v) is 9.21. The first kappa shape index (κ1) is 19.2. The van der Waals surface area contributed by atoms with Gasteiger partial charge in [-0.15, -0.1) is 0 Å². The van der Waals surface area contributed by atoms with E-state index in [2.05, 4.69) is 11.7 Å². The summed E-state index contributed by atoms with van der Waals surface area (Å²) in [6.45, 7) is 3.61. The maximum Gasteiger partial charge on any atom is 0.434 e. The summed E-state index contributed by atoms with van der Waals surface area (Å²) in [5, 5.41) is 4.84. The van der Waals surface area contributed by atoms with Crippen LogP contribution in [0.25, 0.3) is 0 Å². The van der Waals surface area contributed by atoms with Gasteiger partial charge in [0.2, 0.25) is 10.0 Å². The predicted molar refractivity (Wildman–Crippen MR) is 104 cm³/mol. The van der Waals surface area contributed by atoms with Crippen molar-refractivity contribution in [1.29, 1.82) is 0 Å². The molecule has 0 radical (unpaired) electrons. The van der Waals surface area contributed by atoms with E-state index < -0.39 is 16.1 Å². The van der Waals surface area contributed by atoms with E-state index in [9.17, 15) is 13.2 Å². The number of ether oxygens (including phenoxy) is 1. The normalized spacial score (nSPS) is 21.8. The molecule has 0 amide bonds. The summed E-state index contributed by atoms with van der Waals surface area (Å²) in [6, 6.07) is 5.68. The number of benzene rings is 1. The van der Waals surface area contributed by atoms with Gasteiger partial charge in [0.25, 0.3) is 0 Å². The van der Waals surface area contributed by atoms with E-state index in [1.54, 1.807) is 22.6 Å². The Bertz CT molecular complexity index is 1020. The lowest BCUT2D eigenvalue weighted by atomic mass is 9.86. The van der Waals surface area contributed by atoms with Crippen molar-refractivity contribution in [3.8, 4) is 0 Å². The first-order chi connectivity index (χ1) is 13.4. The maximum atomic E-state index is 13.4. The molecule has 7 nitrogen and oxygen atoms in total. The van der Waals surface area contributed by atoms with Crippen LogP contribution in [0.3, 0.4) is 0 Å². The molecule has 1 aromatic heterocycles. The van der Waals surface area contributed by atoms with Gasteiger partial charge in [-0.3, -0.25) is 0 Å².